The minimum atomic E-state index is -0.625. The number of fused-ring (bicyclic) bond motifs is 7. The third kappa shape index (κ3) is 3.14. The molecule has 0 bridgehead atoms. The highest BCUT2D eigenvalue weighted by molar-refractivity contribution is 5.76. The largest absolute Gasteiger partial charge is 0.481 e. The highest BCUT2D eigenvalue weighted by Gasteiger charge is 2.72. The maximum Gasteiger partial charge on any atom is 0.309 e. The summed E-state index contributed by atoms with van der Waals surface area (Å²) in [7, 11) is 1.71. The third-order valence-electron chi connectivity index (χ3n) is 13.8. The first-order chi connectivity index (χ1) is 16.9. The van der Waals surface area contributed by atoms with Crippen LogP contribution in [0.1, 0.15) is 91.9 Å². The van der Waals surface area contributed by atoms with Crippen LogP contribution in [0.25, 0.3) is 0 Å². The van der Waals surface area contributed by atoms with Gasteiger partial charge < -0.3 is 20.1 Å². The van der Waals surface area contributed by atoms with Crippen molar-refractivity contribution in [3.8, 4) is 0 Å². The van der Waals surface area contributed by atoms with Gasteiger partial charge in [0.05, 0.1) is 24.7 Å². The van der Waals surface area contributed by atoms with Crippen molar-refractivity contribution in [1.29, 1.82) is 0 Å². The van der Waals surface area contributed by atoms with E-state index in [9.17, 15) is 20.1 Å². The normalized spacial score (nSPS) is 54.1. The minimum absolute atomic E-state index is 0.0459. The van der Waals surface area contributed by atoms with Gasteiger partial charge in [0.15, 0.2) is 0 Å². The Morgan fingerprint density at radius 1 is 0.917 bits per heavy atom. The fourth-order valence-corrected chi connectivity index (χ4v) is 11.7. The molecule has 0 aromatic heterocycles. The van der Waals surface area contributed by atoms with Crippen LogP contribution in [0, 0.1) is 56.7 Å². The molecule has 0 heterocycles. The van der Waals surface area contributed by atoms with E-state index in [0.717, 1.165) is 69.8 Å². The second kappa shape index (κ2) is 8.55. The number of aliphatic hydroxyl groups is 2. The van der Waals surface area contributed by atoms with E-state index in [-0.39, 0.29) is 34.7 Å². The van der Waals surface area contributed by atoms with Gasteiger partial charge in [-0.2, -0.15) is 0 Å². The number of carboxylic acids is 1. The molecular formula is C31H50O5. The van der Waals surface area contributed by atoms with Crippen LogP contribution in [-0.2, 0) is 9.53 Å². The number of hydrogen-bond donors (Lipinski definition) is 3. The van der Waals surface area contributed by atoms with Crippen molar-refractivity contribution in [3.05, 3.63) is 12.2 Å². The van der Waals surface area contributed by atoms with Crippen molar-refractivity contribution in [2.45, 2.75) is 98.0 Å². The number of aliphatic hydroxyl groups excluding tert-OH is 2. The van der Waals surface area contributed by atoms with Gasteiger partial charge in [0.1, 0.15) is 0 Å². The van der Waals surface area contributed by atoms with E-state index < -0.39 is 22.9 Å². The number of rotatable bonds is 5. The Bertz CT molecular complexity index is 917. The van der Waals surface area contributed by atoms with Crippen LogP contribution in [0.2, 0.25) is 0 Å². The summed E-state index contributed by atoms with van der Waals surface area (Å²) in [5.74, 6) is 0.992. The van der Waals surface area contributed by atoms with Crippen molar-refractivity contribution in [2.24, 2.45) is 56.7 Å². The standard InChI is InChI=1S/C31H50O5/c1-19(17-36-6)20-9-14-31(26(34)35)16-15-29(4)21(25(20)31)7-8-23-27(2)12-11-24(33)28(3,18-32)22(27)10-13-30(23,29)5/h20-25,32-33H,1,7-18H2,2-6H3,(H,34,35)/t20-,21?,22+,23+,24?,25+,27-,28-,29+,30+,31-/m0/s1. The van der Waals surface area contributed by atoms with E-state index in [0.29, 0.717) is 24.4 Å². The molecule has 0 spiro atoms. The molecule has 5 aliphatic carbocycles. The molecule has 0 aromatic carbocycles. The Morgan fingerprint density at radius 2 is 1.64 bits per heavy atom. The summed E-state index contributed by atoms with van der Waals surface area (Å²) in [6, 6.07) is 0. The maximum atomic E-state index is 12.9. The SMILES string of the molecule is C=C(COC)[C@@H]1CC[C@]2(C(=O)O)CC[C@]3(C)C(CC[C@@H]4[C@@]5(C)CCC(O)[C@@](C)(CO)[C@@H]5CC[C@]43C)[C@@H]12. The number of aliphatic carboxylic acids is 1. The van der Waals surface area contributed by atoms with Crippen molar-refractivity contribution in [1.82, 2.24) is 0 Å². The molecule has 5 saturated carbocycles. The summed E-state index contributed by atoms with van der Waals surface area (Å²) >= 11 is 0. The van der Waals surface area contributed by atoms with Gasteiger partial charge in [-0.15, -0.1) is 0 Å². The summed E-state index contributed by atoms with van der Waals surface area (Å²) in [6.07, 6.45) is 9.12. The van der Waals surface area contributed by atoms with E-state index >= 15 is 0 Å². The molecule has 5 heteroatoms. The molecule has 0 amide bonds. The predicted molar refractivity (Wildman–Crippen MR) is 140 cm³/mol. The average molecular weight is 503 g/mol. The smallest absolute Gasteiger partial charge is 0.309 e. The Hall–Kier alpha value is -0.910. The predicted octanol–water partition coefficient (Wildman–Crippen LogP) is 5.69. The molecule has 204 valence electrons. The van der Waals surface area contributed by atoms with Crippen LogP contribution in [0.3, 0.4) is 0 Å². The molecule has 0 radical (unpaired) electrons. The molecule has 5 fully saturated rings. The fourth-order valence-electron chi connectivity index (χ4n) is 11.7. The Kier molecular flexibility index (Phi) is 6.34. The zero-order chi connectivity index (χ0) is 26.3. The number of ether oxygens (including phenoxy) is 1. The molecule has 0 aromatic rings. The first kappa shape index (κ1) is 26.7. The van der Waals surface area contributed by atoms with Crippen molar-refractivity contribution in [3.63, 3.8) is 0 Å². The fraction of sp³-hybridized carbons (Fsp3) is 0.903. The monoisotopic (exact) mass is 502 g/mol. The molecular weight excluding hydrogens is 452 g/mol. The van der Waals surface area contributed by atoms with Crippen LogP contribution >= 0.6 is 0 Å². The highest BCUT2D eigenvalue weighted by Crippen LogP contribution is 2.77. The molecule has 5 nitrogen and oxygen atoms in total. The van der Waals surface area contributed by atoms with E-state index in [1.54, 1.807) is 7.11 Å². The zero-order valence-corrected chi connectivity index (χ0v) is 23.3. The van der Waals surface area contributed by atoms with Crippen LogP contribution in [0.15, 0.2) is 12.2 Å². The van der Waals surface area contributed by atoms with Crippen LogP contribution < -0.4 is 0 Å². The van der Waals surface area contributed by atoms with Crippen molar-refractivity contribution in [2.75, 3.05) is 20.3 Å². The minimum Gasteiger partial charge on any atom is -0.481 e. The zero-order valence-electron chi connectivity index (χ0n) is 23.3. The van der Waals surface area contributed by atoms with Gasteiger partial charge >= 0.3 is 5.97 Å². The molecule has 5 aliphatic rings. The van der Waals surface area contributed by atoms with Gasteiger partial charge in [-0.3, -0.25) is 4.79 Å². The number of hydrogen-bond acceptors (Lipinski definition) is 4. The van der Waals surface area contributed by atoms with E-state index in [1.165, 1.54) is 0 Å². The highest BCUT2D eigenvalue weighted by atomic mass is 16.5. The first-order valence-corrected chi connectivity index (χ1v) is 14.5. The van der Waals surface area contributed by atoms with Gasteiger partial charge in [0, 0.05) is 12.5 Å². The molecule has 36 heavy (non-hydrogen) atoms. The number of carbonyl (C=O) groups is 1. The van der Waals surface area contributed by atoms with Gasteiger partial charge in [0.2, 0.25) is 0 Å². The van der Waals surface area contributed by atoms with E-state index in [4.69, 9.17) is 4.74 Å². The molecule has 5 rings (SSSR count). The average Bonchev–Trinajstić information content (AvgIpc) is 3.23. The number of carboxylic acid groups (broad SMARTS) is 1. The summed E-state index contributed by atoms with van der Waals surface area (Å²) in [5, 5.41) is 32.0. The molecule has 3 N–H and O–H groups in total. The van der Waals surface area contributed by atoms with Gasteiger partial charge in [-0.25, -0.2) is 0 Å². The molecule has 2 unspecified atom stereocenters. The second-order valence-electron chi connectivity index (χ2n) is 14.6. The quantitative estimate of drug-likeness (QED) is 0.421. The Labute approximate surface area is 218 Å². The second-order valence-corrected chi connectivity index (χ2v) is 14.6. The van der Waals surface area contributed by atoms with Gasteiger partial charge in [0.25, 0.3) is 0 Å². The number of methoxy groups -OCH3 is 1. The lowest BCUT2D eigenvalue weighted by molar-refractivity contribution is -0.254. The summed E-state index contributed by atoms with van der Waals surface area (Å²) in [5.41, 5.74) is 0.312. The topological polar surface area (TPSA) is 87.0 Å². The summed E-state index contributed by atoms with van der Waals surface area (Å²) in [4.78, 5) is 12.9. The Balaban J connectivity index is 1.55. The van der Waals surface area contributed by atoms with Gasteiger partial charge in [-0.05, 0) is 116 Å². The van der Waals surface area contributed by atoms with Crippen LogP contribution in [0.5, 0.6) is 0 Å². The van der Waals surface area contributed by atoms with E-state index in [2.05, 4.69) is 34.3 Å². The summed E-state index contributed by atoms with van der Waals surface area (Å²) in [6.45, 7) is 14.6. The Morgan fingerprint density at radius 3 is 2.28 bits per heavy atom. The lowest BCUT2D eigenvalue weighted by atomic mass is 9.32. The van der Waals surface area contributed by atoms with Crippen LogP contribution in [0.4, 0.5) is 0 Å². The van der Waals surface area contributed by atoms with Gasteiger partial charge in [-0.1, -0.05) is 34.3 Å². The van der Waals surface area contributed by atoms with E-state index in [1.807, 2.05) is 0 Å². The third-order valence-corrected chi connectivity index (χ3v) is 13.8. The molecule has 0 saturated heterocycles. The van der Waals surface area contributed by atoms with Crippen LogP contribution in [-0.4, -0.2) is 47.7 Å². The van der Waals surface area contributed by atoms with Crippen molar-refractivity contribution >= 4 is 5.97 Å². The van der Waals surface area contributed by atoms with Crippen molar-refractivity contribution < 1.29 is 24.9 Å². The summed E-state index contributed by atoms with van der Waals surface area (Å²) < 4.78 is 5.48. The maximum absolute atomic E-state index is 12.9. The lowest BCUT2D eigenvalue weighted by Gasteiger charge is -2.72. The molecule has 11 atom stereocenters. The lowest BCUT2D eigenvalue weighted by Crippen LogP contribution is -2.67. The first-order valence-electron chi connectivity index (χ1n) is 14.5. The molecule has 0 aliphatic heterocycles.